The minimum Gasteiger partial charge on any atom is -0.381 e. The molecule has 2 saturated heterocycles. The average Bonchev–Trinajstić information content (AvgIpc) is 2.33. The van der Waals surface area contributed by atoms with Gasteiger partial charge in [-0.15, -0.1) is 0 Å². The van der Waals surface area contributed by atoms with Gasteiger partial charge in [0.2, 0.25) is 0 Å². The van der Waals surface area contributed by atoms with Gasteiger partial charge in [-0.3, -0.25) is 0 Å². The topological polar surface area (TPSA) is 53.8 Å². The minimum absolute atomic E-state index is 0.0775. The molecule has 16 heavy (non-hydrogen) atoms. The maximum Gasteiger partial charge on any atom is 0.0491 e. The van der Waals surface area contributed by atoms with Crippen molar-refractivity contribution in [2.75, 3.05) is 53.0 Å². The highest BCUT2D eigenvalue weighted by atomic mass is 16.5. The van der Waals surface area contributed by atoms with Gasteiger partial charge in [0.05, 0.1) is 0 Å². The van der Waals surface area contributed by atoms with Crippen LogP contribution in [-0.2, 0) is 4.74 Å². The number of ether oxygens (including phenoxy) is 1. The highest BCUT2D eigenvalue weighted by Gasteiger charge is 2.33. The fraction of sp³-hybridized carbons (Fsp3) is 1.00. The molecular formula is C11H24N4O. The van der Waals surface area contributed by atoms with Crippen molar-refractivity contribution in [2.45, 2.75) is 18.4 Å². The zero-order valence-corrected chi connectivity index (χ0v) is 10.2. The Labute approximate surface area is 97.9 Å². The molecule has 0 radical (unpaired) electrons. The Hall–Kier alpha value is -0.200. The molecule has 0 atom stereocenters. The van der Waals surface area contributed by atoms with Crippen LogP contribution in [0.3, 0.4) is 0 Å². The van der Waals surface area contributed by atoms with Crippen LogP contribution in [0.2, 0.25) is 0 Å². The molecule has 94 valence electrons. The SMILES string of the molecule is CN1CCN(NC2(CN)CCOCC2)CC1. The van der Waals surface area contributed by atoms with Gasteiger partial charge in [-0.1, -0.05) is 0 Å². The van der Waals surface area contributed by atoms with Gasteiger partial charge in [0, 0.05) is 51.5 Å². The van der Waals surface area contributed by atoms with Crippen LogP contribution in [0.15, 0.2) is 0 Å². The zero-order chi connectivity index (χ0) is 11.4. The monoisotopic (exact) mass is 228 g/mol. The number of nitrogens with two attached hydrogens (primary N) is 1. The zero-order valence-electron chi connectivity index (χ0n) is 10.2. The van der Waals surface area contributed by atoms with Gasteiger partial charge in [-0.05, 0) is 19.9 Å². The van der Waals surface area contributed by atoms with Gasteiger partial charge in [0.25, 0.3) is 0 Å². The average molecular weight is 228 g/mol. The number of nitrogens with one attached hydrogen (secondary N) is 1. The van der Waals surface area contributed by atoms with E-state index in [1.807, 2.05) is 0 Å². The standard InChI is InChI=1S/C11H24N4O/c1-14-4-6-15(7-5-14)13-11(10-12)2-8-16-9-3-11/h13H,2-10,12H2,1H3. The van der Waals surface area contributed by atoms with E-state index in [9.17, 15) is 0 Å². The van der Waals surface area contributed by atoms with Crippen LogP contribution < -0.4 is 11.2 Å². The van der Waals surface area contributed by atoms with Crippen molar-refractivity contribution in [3.05, 3.63) is 0 Å². The summed E-state index contributed by atoms with van der Waals surface area (Å²) in [6, 6.07) is 0. The lowest BCUT2D eigenvalue weighted by molar-refractivity contribution is -0.0127. The van der Waals surface area contributed by atoms with Crippen molar-refractivity contribution < 1.29 is 4.74 Å². The number of nitrogens with zero attached hydrogens (tertiary/aromatic N) is 2. The molecule has 2 aliphatic rings. The highest BCUT2D eigenvalue weighted by Crippen LogP contribution is 2.20. The summed E-state index contributed by atoms with van der Waals surface area (Å²) >= 11 is 0. The second kappa shape index (κ2) is 5.42. The fourth-order valence-corrected chi connectivity index (χ4v) is 2.38. The molecule has 0 aromatic rings. The van der Waals surface area contributed by atoms with Crippen molar-refractivity contribution in [1.82, 2.24) is 15.3 Å². The Morgan fingerprint density at radius 2 is 1.81 bits per heavy atom. The maximum absolute atomic E-state index is 5.93. The predicted octanol–water partition coefficient (Wildman–Crippen LogP) is -0.754. The molecule has 0 bridgehead atoms. The molecule has 0 aliphatic carbocycles. The van der Waals surface area contributed by atoms with Crippen molar-refractivity contribution in [1.29, 1.82) is 0 Å². The third kappa shape index (κ3) is 2.93. The van der Waals surface area contributed by atoms with E-state index in [1.165, 1.54) is 0 Å². The molecule has 2 fully saturated rings. The largest absolute Gasteiger partial charge is 0.381 e. The number of hydrogen-bond donors (Lipinski definition) is 2. The van der Waals surface area contributed by atoms with Crippen molar-refractivity contribution >= 4 is 0 Å². The highest BCUT2D eigenvalue weighted by molar-refractivity contribution is 4.90. The molecule has 3 N–H and O–H groups in total. The molecule has 2 rings (SSSR count). The molecule has 0 spiro atoms. The van der Waals surface area contributed by atoms with Gasteiger partial charge >= 0.3 is 0 Å². The number of hydrogen-bond acceptors (Lipinski definition) is 5. The van der Waals surface area contributed by atoms with Crippen molar-refractivity contribution in [3.8, 4) is 0 Å². The summed E-state index contributed by atoms with van der Waals surface area (Å²) in [4.78, 5) is 2.36. The lowest BCUT2D eigenvalue weighted by Gasteiger charge is -2.43. The summed E-state index contributed by atoms with van der Waals surface area (Å²) in [5.41, 5.74) is 9.65. The number of piperazine rings is 1. The predicted molar refractivity (Wildman–Crippen MR) is 64.0 cm³/mol. The van der Waals surface area contributed by atoms with E-state index in [1.54, 1.807) is 0 Å². The van der Waals surface area contributed by atoms with Gasteiger partial charge in [0.15, 0.2) is 0 Å². The van der Waals surface area contributed by atoms with Crippen LogP contribution in [-0.4, -0.2) is 68.4 Å². The summed E-state index contributed by atoms with van der Waals surface area (Å²) in [6.45, 7) is 6.78. The van der Waals surface area contributed by atoms with E-state index in [2.05, 4.69) is 22.4 Å². The molecule has 2 heterocycles. The fourth-order valence-electron chi connectivity index (χ4n) is 2.38. The normalized spacial score (nSPS) is 28.1. The summed E-state index contributed by atoms with van der Waals surface area (Å²) in [6.07, 6.45) is 2.05. The summed E-state index contributed by atoms with van der Waals surface area (Å²) < 4.78 is 5.41. The molecule has 0 aromatic carbocycles. The first-order chi connectivity index (χ1) is 7.74. The third-order valence-electron chi connectivity index (χ3n) is 3.74. The summed E-state index contributed by atoms with van der Waals surface area (Å²) in [7, 11) is 2.17. The first kappa shape index (κ1) is 12.3. The van der Waals surface area contributed by atoms with Crippen LogP contribution in [0, 0.1) is 0 Å². The van der Waals surface area contributed by atoms with Crippen LogP contribution >= 0.6 is 0 Å². The summed E-state index contributed by atoms with van der Waals surface area (Å²) in [5.74, 6) is 0. The van der Waals surface area contributed by atoms with E-state index in [0.717, 1.165) is 52.2 Å². The van der Waals surface area contributed by atoms with Gasteiger partial charge < -0.3 is 15.4 Å². The van der Waals surface area contributed by atoms with E-state index in [4.69, 9.17) is 10.5 Å². The van der Waals surface area contributed by atoms with E-state index >= 15 is 0 Å². The van der Waals surface area contributed by atoms with E-state index in [-0.39, 0.29) is 5.54 Å². The third-order valence-corrected chi connectivity index (χ3v) is 3.74. The van der Waals surface area contributed by atoms with Gasteiger partial charge in [0.1, 0.15) is 0 Å². The van der Waals surface area contributed by atoms with Crippen molar-refractivity contribution in [2.24, 2.45) is 5.73 Å². The molecule has 0 amide bonds. The smallest absolute Gasteiger partial charge is 0.0491 e. The van der Waals surface area contributed by atoms with Gasteiger partial charge in [-0.25, -0.2) is 10.4 Å². The molecule has 2 aliphatic heterocycles. The number of hydrazine groups is 1. The maximum atomic E-state index is 5.93. The van der Waals surface area contributed by atoms with E-state index in [0.29, 0.717) is 6.54 Å². The Morgan fingerprint density at radius 1 is 1.19 bits per heavy atom. The lowest BCUT2D eigenvalue weighted by Crippen LogP contribution is -2.63. The molecule has 0 saturated carbocycles. The minimum atomic E-state index is 0.0775. The second-order valence-corrected chi connectivity index (χ2v) is 5.00. The number of rotatable bonds is 3. The summed E-state index contributed by atoms with van der Waals surface area (Å²) in [5, 5.41) is 2.33. The molecule has 5 nitrogen and oxygen atoms in total. The second-order valence-electron chi connectivity index (χ2n) is 5.00. The van der Waals surface area contributed by atoms with Crippen LogP contribution in [0.4, 0.5) is 0 Å². The molecular weight excluding hydrogens is 204 g/mol. The Kier molecular flexibility index (Phi) is 4.16. The van der Waals surface area contributed by atoms with E-state index < -0.39 is 0 Å². The Balaban J connectivity index is 1.86. The first-order valence-corrected chi connectivity index (χ1v) is 6.23. The first-order valence-electron chi connectivity index (χ1n) is 6.23. The number of likely N-dealkylation sites (N-methyl/N-ethyl adjacent to an activating group) is 1. The quantitative estimate of drug-likeness (QED) is 0.665. The van der Waals surface area contributed by atoms with Crippen molar-refractivity contribution in [3.63, 3.8) is 0 Å². The Bertz CT molecular complexity index is 210. The molecule has 5 heteroatoms. The van der Waals surface area contributed by atoms with Crippen LogP contribution in [0.25, 0.3) is 0 Å². The molecule has 0 unspecified atom stereocenters. The lowest BCUT2D eigenvalue weighted by atomic mass is 9.91. The Morgan fingerprint density at radius 3 is 2.38 bits per heavy atom. The van der Waals surface area contributed by atoms with Gasteiger partial charge in [-0.2, -0.15) is 0 Å². The van der Waals surface area contributed by atoms with Crippen LogP contribution in [0.5, 0.6) is 0 Å². The van der Waals surface area contributed by atoms with Crippen LogP contribution in [0.1, 0.15) is 12.8 Å². The molecule has 0 aromatic heterocycles.